The number of carbonyl (C=O) groups is 1. The highest BCUT2D eigenvalue weighted by molar-refractivity contribution is 6.01. The van der Waals surface area contributed by atoms with Gasteiger partial charge in [0, 0.05) is 18.7 Å². The Morgan fingerprint density at radius 1 is 1.48 bits per heavy atom. The largest absolute Gasteiger partial charge is 0.376 e. The molecule has 0 aliphatic carbocycles. The Hall–Kier alpha value is -2.26. The highest BCUT2D eigenvalue weighted by atomic mass is 19.1. The maximum atomic E-state index is 13.5. The minimum atomic E-state index is -0.824. The van der Waals surface area contributed by atoms with Gasteiger partial charge in [-0.1, -0.05) is 6.07 Å². The summed E-state index contributed by atoms with van der Waals surface area (Å²) in [7, 11) is 0. The van der Waals surface area contributed by atoms with Crippen molar-refractivity contribution in [3.05, 3.63) is 41.0 Å². The molecule has 0 aromatic heterocycles. The van der Waals surface area contributed by atoms with Crippen LogP contribution >= 0.6 is 0 Å². The van der Waals surface area contributed by atoms with Crippen LogP contribution in [0.5, 0.6) is 0 Å². The topological polar surface area (TPSA) is 62.1 Å². The second-order valence-corrected chi connectivity index (χ2v) is 4.65. The van der Waals surface area contributed by atoms with Crippen molar-refractivity contribution in [1.82, 2.24) is 5.32 Å². The smallest absolute Gasteiger partial charge is 0.262 e. The molecule has 21 heavy (non-hydrogen) atoms. The predicted octanol–water partition coefficient (Wildman–Crippen LogP) is 2.17. The average Bonchev–Trinajstić information content (AvgIpc) is 2.98. The van der Waals surface area contributed by atoms with Gasteiger partial charge in [-0.2, -0.15) is 5.26 Å². The highest BCUT2D eigenvalue weighted by Crippen LogP contribution is 2.16. The fourth-order valence-electron chi connectivity index (χ4n) is 2.05. The van der Waals surface area contributed by atoms with Crippen molar-refractivity contribution < 1.29 is 18.3 Å². The van der Waals surface area contributed by atoms with E-state index in [1.54, 1.807) is 6.07 Å². The van der Waals surface area contributed by atoms with Crippen molar-refractivity contribution in [2.24, 2.45) is 0 Å². The summed E-state index contributed by atoms with van der Waals surface area (Å²) < 4.78 is 32.3. The van der Waals surface area contributed by atoms with Crippen LogP contribution in [0.1, 0.15) is 18.4 Å². The summed E-state index contributed by atoms with van der Waals surface area (Å²) in [5.74, 6) is -2.32. The number of rotatable bonds is 4. The summed E-state index contributed by atoms with van der Waals surface area (Å²) in [6, 6.07) is 5.00. The third-order valence-electron chi connectivity index (χ3n) is 3.17. The standard InChI is InChI=1S/C15H14F2N2O2/c16-13-4-1-5-14(17)12(13)7-10(8-18)15(20)19-9-11-3-2-6-21-11/h1,4-5,7,11H,2-3,6,9H2,(H,19,20)/b10-7+/t11-/m0/s1. The lowest BCUT2D eigenvalue weighted by Crippen LogP contribution is -2.32. The van der Waals surface area contributed by atoms with Crippen LogP contribution in [0.3, 0.4) is 0 Å². The number of ether oxygens (including phenoxy) is 1. The SMILES string of the molecule is N#C/C(=C\c1c(F)cccc1F)C(=O)NC[C@@H]1CCCO1. The molecular weight excluding hydrogens is 278 g/mol. The van der Waals surface area contributed by atoms with Crippen molar-refractivity contribution in [2.75, 3.05) is 13.2 Å². The number of hydrogen-bond acceptors (Lipinski definition) is 3. The first-order valence-electron chi connectivity index (χ1n) is 6.57. The molecule has 4 nitrogen and oxygen atoms in total. The first-order chi connectivity index (χ1) is 10.1. The van der Waals surface area contributed by atoms with Gasteiger partial charge in [0.25, 0.3) is 5.91 Å². The molecule has 1 aromatic rings. The van der Waals surface area contributed by atoms with Crippen LogP contribution in [0.4, 0.5) is 8.78 Å². The number of carbonyl (C=O) groups excluding carboxylic acids is 1. The zero-order valence-electron chi connectivity index (χ0n) is 11.2. The van der Waals surface area contributed by atoms with E-state index in [0.717, 1.165) is 31.1 Å². The van der Waals surface area contributed by atoms with Crippen LogP contribution in [0.2, 0.25) is 0 Å². The quantitative estimate of drug-likeness (QED) is 0.683. The Labute approximate surface area is 121 Å². The molecule has 110 valence electrons. The van der Waals surface area contributed by atoms with Gasteiger partial charge in [-0.05, 0) is 31.1 Å². The van der Waals surface area contributed by atoms with E-state index in [4.69, 9.17) is 10.00 Å². The first kappa shape index (κ1) is 15.1. The fourth-order valence-corrected chi connectivity index (χ4v) is 2.05. The second-order valence-electron chi connectivity index (χ2n) is 4.65. The lowest BCUT2D eigenvalue weighted by Gasteiger charge is -2.10. The lowest BCUT2D eigenvalue weighted by molar-refractivity contribution is -0.117. The van der Waals surface area contributed by atoms with Crippen LogP contribution in [-0.4, -0.2) is 25.2 Å². The van der Waals surface area contributed by atoms with Crippen LogP contribution in [0.25, 0.3) is 6.08 Å². The van der Waals surface area contributed by atoms with E-state index in [1.165, 1.54) is 6.07 Å². The normalized spacial score (nSPS) is 18.3. The van der Waals surface area contributed by atoms with E-state index in [1.807, 2.05) is 0 Å². The van der Waals surface area contributed by atoms with Gasteiger partial charge in [-0.3, -0.25) is 4.79 Å². The number of amides is 1. The van der Waals surface area contributed by atoms with Crippen molar-refractivity contribution >= 4 is 12.0 Å². The summed E-state index contributed by atoms with van der Waals surface area (Å²) in [4.78, 5) is 11.9. The van der Waals surface area contributed by atoms with Crippen molar-refractivity contribution in [3.63, 3.8) is 0 Å². The van der Waals surface area contributed by atoms with E-state index in [2.05, 4.69) is 5.32 Å². The summed E-state index contributed by atoms with van der Waals surface area (Å²) in [5.41, 5.74) is -0.752. The number of halogens is 2. The molecule has 1 heterocycles. The molecule has 1 aromatic carbocycles. The van der Waals surface area contributed by atoms with Crippen LogP contribution < -0.4 is 5.32 Å². The molecule has 1 N–H and O–H groups in total. The van der Waals surface area contributed by atoms with Gasteiger partial charge in [0.2, 0.25) is 0 Å². The van der Waals surface area contributed by atoms with Crippen molar-refractivity contribution in [2.45, 2.75) is 18.9 Å². The summed E-state index contributed by atoms with van der Waals surface area (Å²) >= 11 is 0. The Bertz CT molecular complexity index is 582. The predicted molar refractivity (Wildman–Crippen MR) is 71.9 cm³/mol. The summed E-state index contributed by atoms with van der Waals surface area (Å²) in [6.45, 7) is 0.930. The summed E-state index contributed by atoms with van der Waals surface area (Å²) in [6.07, 6.45) is 2.62. The Morgan fingerprint density at radius 3 is 2.76 bits per heavy atom. The molecule has 0 radical (unpaired) electrons. The molecule has 0 spiro atoms. The van der Waals surface area contributed by atoms with Crippen LogP contribution in [0, 0.1) is 23.0 Å². The molecule has 0 unspecified atom stereocenters. The first-order valence-corrected chi connectivity index (χ1v) is 6.57. The molecule has 1 atom stereocenters. The fraction of sp³-hybridized carbons (Fsp3) is 0.333. The second kappa shape index (κ2) is 6.95. The number of nitriles is 1. The third kappa shape index (κ3) is 3.86. The number of benzene rings is 1. The Kier molecular flexibility index (Phi) is 5.01. The van der Waals surface area contributed by atoms with Gasteiger partial charge < -0.3 is 10.1 Å². The number of nitrogens with zero attached hydrogens (tertiary/aromatic N) is 1. The Morgan fingerprint density at radius 2 is 2.19 bits per heavy atom. The van der Waals surface area contributed by atoms with E-state index in [0.29, 0.717) is 6.61 Å². The summed E-state index contributed by atoms with van der Waals surface area (Å²) in [5, 5.41) is 11.5. The van der Waals surface area contributed by atoms with Gasteiger partial charge >= 0.3 is 0 Å². The third-order valence-corrected chi connectivity index (χ3v) is 3.17. The molecule has 0 saturated carbocycles. The van der Waals surface area contributed by atoms with Gasteiger partial charge in [-0.15, -0.1) is 0 Å². The lowest BCUT2D eigenvalue weighted by atomic mass is 10.1. The van der Waals surface area contributed by atoms with Crippen molar-refractivity contribution in [1.29, 1.82) is 5.26 Å². The molecule has 1 aliphatic heterocycles. The molecule has 1 fully saturated rings. The molecule has 2 rings (SSSR count). The molecule has 1 aliphatic rings. The zero-order valence-corrected chi connectivity index (χ0v) is 11.2. The Balaban J connectivity index is 2.09. The molecule has 6 heteroatoms. The van der Waals surface area contributed by atoms with Crippen molar-refractivity contribution in [3.8, 4) is 6.07 Å². The van der Waals surface area contributed by atoms with E-state index < -0.39 is 23.1 Å². The highest BCUT2D eigenvalue weighted by Gasteiger charge is 2.18. The molecule has 1 amide bonds. The van der Waals surface area contributed by atoms with Crippen LogP contribution in [0.15, 0.2) is 23.8 Å². The molecular formula is C15H14F2N2O2. The molecule has 1 saturated heterocycles. The van der Waals surface area contributed by atoms with Gasteiger partial charge in [0.05, 0.1) is 6.10 Å². The minimum absolute atomic E-state index is 0.0703. The van der Waals surface area contributed by atoms with E-state index in [9.17, 15) is 13.6 Å². The van der Waals surface area contributed by atoms with Gasteiger partial charge in [0.1, 0.15) is 23.3 Å². The average molecular weight is 292 g/mol. The maximum absolute atomic E-state index is 13.5. The maximum Gasteiger partial charge on any atom is 0.262 e. The zero-order chi connectivity index (χ0) is 15.2. The number of nitrogens with one attached hydrogen (secondary N) is 1. The van der Waals surface area contributed by atoms with Crippen LogP contribution in [-0.2, 0) is 9.53 Å². The molecule has 0 bridgehead atoms. The van der Waals surface area contributed by atoms with E-state index >= 15 is 0 Å². The number of hydrogen-bond donors (Lipinski definition) is 1. The van der Waals surface area contributed by atoms with E-state index in [-0.39, 0.29) is 18.2 Å². The minimum Gasteiger partial charge on any atom is -0.376 e. The monoisotopic (exact) mass is 292 g/mol. The van der Waals surface area contributed by atoms with Gasteiger partial charge in [0.15, 0.2) is 0 Å². The van der Waals surface area contributed by atoms with Gasteiger partial charge in [-0.25, -0.2) is 8.78 Å².